The van der Waals surface area contributed by atoms with Gasteiger partial charge in [0.2, 0.25) is 0 Å². The van der Waals surface area contributed by atoms with Gasteiger partial charge in [0.1, 0.15) is 0 Å². The van der Waals surface area contributed by atoms with E-state index in [0.717, 1.165) is 39.3 Å². The fraction of sp³-hybridized carbons (Fsp3) is 0.556. The molecule has 0 aromatic heterocycles. The quantitative estimate of drug-likeness (QED) is 0.512. The first-order valence-corrected chi connectivity index (χ1v) is 8.21. The van der Waals surface area contributed by atoms with Crippen LogP contribution in [0.3, 0.4) is 0 Å². The summed E-state index contributed by atoms with van der Waals surface area (Å²) in [7, 11) is 0. The highest BCUT2D eigenvalue weighted by Gasteiger charge is 2.02. The maximum absolute atomic E-state index is 3.28. The minimum atomic E-state index is 0.959. The molecule has 0 unspecified atom stereocenters. The first-order valence-electron chi connectivity index (χ1n) is 8.21. The van der Waals surface area contributed by atoms with Gasteiger partial charge in [0.05, 0.1) is 0 Å². The zero-order chi connectivity index (χ0) is 16.5. The van der Waals surface area contributed by atoms with Gasteiger partial charge < -0.3 is 20.4 Å². The molecule has 0 amide bonds. The molecule has 22 heavy (non-hydrogen) atoms. The summed E-state index contributed by atoms with van der Waals surface area (Å²) in [5.74, 6) is 0. The zero-order valence-electron chi connectivity index (χ0n) is 14.8. The summed E-state index contributed by atoms with van der Waals surface area (Å²) in [5, 5.41) is 6.57. The van der Waals surface area contributed by atoms with E-state index in [9.17, 15) is 0 Å². The molecular weight excluding hydrogens is 272 g/mol. The number of nitrogens with zero attached hydrogens (tertiary/aromatic N) is 2. The van der Waals surface area contributed by atoms with E-state index >= 15 is 0 Å². The second-order valence-electron chi connectivity index (χ2n) is 4.94. The predicted molar refractivity (Wildman–Crippen MR) is 98.4 cm³/mol. The van der Waals surface area contributed by atoms with Gasteiger partial charge in [0, 0.05) is 39.3 Å². The second kappa shape index (κ2) is 15.5. The summed E-state index contributed by atoms with van der Waals surface area (Å²) >= 11 is 0. The number of nitrogens with one attached hydrogen (secondary N) is 2. The summed E-state index contributed by atoms with van der Waals surface area (Å²) in [5.41, 5.74) is 0. The van der Waals surface area contributed by atoms with Gasteiger partial charge in [-0.2, -0.15) is 0 Å². The van der Waals surface area contributed by atoms with Crippen LogP contribution >= 0.6 is 0 Å². The highest BCUT2D eigenvalue weighted by atomic mass is 15.2. The summed E-state index contributed by atoms with van der Waals surface area (Å²) in [6.45, 7) is 14.2. The third-order valence-electron chi connectivity index (χ3n) is 3.05. The van der Waals surface area contributed by atoms with E-state index in [2.05, 4.69) is 58.8 Å². The van der Waals surface area contributed by atoms with Crippen LogP contribution in [0.15, 0.2) is 49.1 Å². The van der Waals surface area contributed by atoms with Crippen molar-refractivity contribution in [3.05, 3.63) is 49.1 Å². The molecule has 0 saturated carbocycles. The van der Waals surface area contributed by atoms with Crippen LogP contribution in [0.4, 0.5) is 0 Å². The molecule has 0 atom stereocenters. The molecule has 0 heterocycles. The number of hydrogen-bond donors (Lipinski definition) is 2. The maximum atomic E-state index is 3.28. The standard InChI is InChI=1S/C18H34N4/c1-5-9-19-11-15-21(13-7-3)17-18-22(14-8-4)16-12-20-10-6-2/h5-10,13-14,19-20H,11-12,15-18H2,1-4H3. The molecule has 126 valence electrons. The van der Waals surface area contributed by atoms with Gasteiger partial charge in [-0.05, 0) is 52.5 Å². The normalized spacial score (nSPS) is 12.0. The van der Waals surface area contributed by atoms with Crippen LogP contribution in [0.5, 0.6) is 0 Å². The van der Waals surface area contributed by atoms with Gasteiger partial charge in [-0.1, -0.05) is 24.3 Å². The molecule has 0 aromatic rings. The van der Waals surface area contributed by atoms with Gasteiger partial charge in [-0.15, -0.1) is 0 Å². The molecule has 2 N–H and O–H groups in total. The average molecular weight is 306 g/mol. The molecule has 0 bridgehead atoms. The van der Waals surface area contributed by atoms with E-state index in [0.29, 0.717) is 0 Å². The average Bonchev–Trinajstić information content (AvgIpc) is 2.52. The Kier molecular flexibility index (Phi) is 14.2. The monoisotopic (exact) mass is 306 g/mol. The van der Waals surface area contributed by atoms with E-state index in [1.165, 1.54) is 0 Å². The lowest BCUT2D eigenvalue weighted by Crippen LogP contribution is -2.35. The van der Waals surface area contributed by atoms with Crippen molar-refractivity contribution in [3.8, 4) is 0 Å². The Hall–Kier alpha value is -1.84. The summed E-state index contributed by atoms with van der Waals surface area (Å²) < 4.78 is 0. The van der Waals surface area contributed by atoms with E-state index in [1.807, 2.05) is 38.4 Å². The minimum Gasteiger partial charge on any atom is -0.389 e. The van der Waals surface area contributed by atoms with Gasteiger partial charge >= 0.3 is 0 Å². The minimum absolute atomic E-state index is 0.959. The molecule has 0 fully saturated rings. The maximum Gasteiger partial charge on any atom is 0.0349 e. The predicted octanol–water partition coefficient (Wildman–Crippen LogP) is 2.90. The largest absolute Gasteiger partial charge is 0.389 e. The smallest absolute Gasteiger partial charge is 0.0349 e. The van der Waals surface area contributed by atoms with Crippen molar-refractivity contribution in [2.45, 2.75) is 27.7 Å². The summed E-state index contributed by atoms with van der Waals surface area (Å²) in [6, 6.07) is 0. The Balaban J connectivity index is 4.18. The van der Waals surface area contributed by atoms with E-state index in [1.54, 1.807) is 0 Å². The summed E-state index contributed by atoms with van der Waals surface area (Å²) in [6.07, 6.45) is 16.6. The lowest BCUT2D eigenvalue weighted by Gasteiger charge is -2.26. The van der Waals surface area contributed by atoms with Crippen molar-refractivity contribution in [2.24, 2.45) is 0 Å². The van der Waals surface area contributed by atoms with Crippen molar-refractivity contribution < 1.29 is 0 Å². The van der Waals surface area contributed by atoms with Crippen LogP contribution in [0.1, 0.15) is 27.7 Å². The highest BCUT2D eigenvalue weighted by Crippen LogP contribution is 1.95. The van der Waals surface area contributed by atoms with Gasteiger partial charge in [-0.3, -0.25) is 0 Å². The molecule has 0 radical (unpaired) electrons. The van der Waals surface area contributed by atoms with Crippen molar-refractivity contribution in [2.75, 3.05) is 39.3 Å². The number of allylic oxidation sites excluding steroid dienone is 4. The summed E-state index contributed by atoms with van der Waals surface area (Å²) in [4.78, 5) is 4.71. The van der Waals surface area contributed by atoms with Gasteiger partial charge in [0.25, 0.3) is 0 Å². The van der Waals surface area contributed by atoms with Crippen LogP contribution < -0.4 is 10.6 Å². The Bertz CT molecular complexity index is 311. The second-order valence-corrected chi connectivity index (χ2v) is 4.94. The highest BCUT2D eigenvalue weighted by molar-refractivity contribution is 4.85. The molecule has 0 saturated heterocycles. The Morgan fingerprint density at radius 2 is 1.00 bits per heavy atom. The molecule has 0 rings (SSSR count). The molecule has 4 heteroatoms. The Labute approximate surface area is 137 Å². The molecule has 0 aromatic carbocycles. The van der Waals surface area contributed by atoms with Crippen LogP contribution in [0, 0.1) is 0 Å². The van der Waals surface area contributed by atoms with Crippen molar-refractivity contribution in [1.29, 1.82) is 0 Å². The van der Waals surface area contributed by atoms with Crippen LogP contribution in [0.25, 0.3) is 0 Å². The molecule has 0 aliphatic carbocycles. The van der Waals surface area contributed by atoms with Crippen molar-refractivity contribution in [3.63, 3.8) is 0 Å². The van der Waals surface area contributed by atoms with E-state index in [-0.39, 0.29) is 0 Å². The third-order valence-corrected chi connectivity index (χ3v) is 3.05. The van der Waals surface area contributed by atoms with Crippen LogP contribution in [0.2, 0.25) is 0 Å². The van der Waals surface area contributed by atoms with Gasteiger partial charge in [0.15, 0.2) is 0 Å². The third kappa shape index (κ3) is 11.9. The van der Waals surface area contributed by atoms with Gasteiger partial charge in [-0.25, -0.2) is 0 Å². The lowest BCUT2D eigenvalue weighted by atomic mass is 10.4. The Morgan fingerprint density at radius 1 is 0.591 bits per heavy atom. The van der Waals surface area contributed by atoms with Crippen LogP contribution in [-0.2, 0) is 0 Å². The fourth-order valence-electron chi connectivity index (χ4n) is 2.02. The first kappa shape index (κ1) is 20.2. The van der Waals surface area contributed by atoms with Crippen LogP contribution in [-0.4, -0.2) is 49.1 Å². The van der Waals surface area contributed by atoms with Crippen molar-refractivity contribution in [1.82, 2.24) is 20.4 Å². The topological polar surface area (TPSA) is 30.5 Å². The van der Waals surface area contributed by atoms with E-state index in [4.69, 9.17) is 0 Å². The fourth-order valence-corrected chi connectivity index (χ4v) is 2.02. The number of hydrogen-bond acceptors (Lipinski definition) is 4. The molecule has 0 aliphatic rings. The SMILES string of the molecule is CC=CNCCN(C=CC)CCN(C=CC)CCNC=CC. The number of rotatable bonds is 13. The first-order chi connectivity index (χ1) is 10.8. The lowest BCUT2D eigenvalue weighted by molar-refractivity contribution is 0.298. The zero-order valence-corrected chi connectivity index (χ0v) is 14.8. The molecular formula is C18H34N4. The molecule has 0 spiro atoms. The van der Waals surface area contributed by atoms with E-state index < -0.39 is 0 Å². The molecule has 4 nitrogen and oxygen atoms in total. The van der Waals surface area contributed by atoms with Crippen molar-refractivity contribution >= 4 is 0 Å². The molecule has 0 aliphatic heterocycles. The Morgan fingerprint density at radius 3 is 1.32 bits per heavy atom.